The average Bonchev–Trinajstić information content (AvgIpc) is 3.53. The van der Waals surface area contributed by atoms with E-state index >= 15 is 0 Å². The SMILES string of the molecule is COc1cc(N2C(=O)[C@@H]3[C@H]4CCCN4[C@@]4(C(=O)Nc5c(Cl)cc(C)cc54)[C@@H]3C2=O)c(C)cc1[N+](=O)[O-]. The first kappa shape index (κ1) is 22.9. The molecule has 6 rings (SSSR count). The molecule has 0 unspecified atom stereocenters. The van der Waals surface area contributed by atoms with Crippen molar-refractivity contribution in [2.24, 2.45) is 11.8 Å². The number of hydrogen-bond acceptors (Lipinski definition) is 7. The van der Waals surface area contributed by atoms with Crippen LogP contribution in [-0.4, -0.2) is 47.2 Å². The van der Waals surface area contributed by atoms with Crippen molar-refractivity contribution in [3.05, 3.63) is 56.1 Å². The molecule has 10 nitrogen and oxygen atoms in total. The van der Waals surface area contributed by atoms with Gasteiger partial charge in [-0.1, -0.05) is 17.7 Å². The van der Waals surface area contributed by atoms with Crippen LogP contribution in [0.5, 0.6) is 5.75 Å². The Morgan fingerprint density at radius 2 is 1.92 bits per heavy atom. The largest absolute Gasteiger partial charge is 0.490 e. The van der Waals surface area contributed by atoms with Crippen molar-refractivity contribution < 1.29 is 24.0 Å². The monoisotopic (exact) mass is 510 g/mol. The third-order valence-corrected chi connectivity index (χ3v) is 8.43. The van der Waals surface area contributed by atoms with E-state index in [4.69, 9.17) is 16.3 Å². The van der Waals surface area contributed by atoms with Crippen LogP contribution < -0.4 is 15.0 Å². The van der Waals surface area contributed by atoms with Gasteiger partial charge >= 0.3 is 5.69 Å². The van der Waals surface area contributed by atoms with Crippen molar-refractivity contribution in [1.82, 2.24) is 4.90 Å². The molecule has 3 fully saturated rings. The first-order valence-corrected chi connectivity index (χ1v) is 12.1. The minimum Gasteiger partial charge on any atom is -0.490 e. The maximum absolute atomic E-state index is 14.2. The molecule has 11 heteroatoms. The summed E-state index contributed by atoms with van der Waals surface area (Å²) in [4.78, 5) is 55.9. The van der Waals surface area contributed by atoms with Crippen LogP contribution in [0.1, 0.15) is 29.5 Å². The zero-order valence-corrected chi connectivity index (χ0v) is 20.6. The summed E-state index contributed by atoms with van der Waals surface area (Å²) in [5, 5.41) is 14.8. The van der Waals surface area contributed by atoms with E-state index in [9.17, 15) is 24.5 Å². The summed E-state index contributed by atoms with van der Waals surface area (Å²) in [6.45, 7) is 4.06. The maximum atomic E-state index is 14.2. The number of nitro groups is 1. The molecule has 1 N–H and O–H groups in total. The molecule has 0 aromatic heterocycles. The number of fused-ring (bicyclic) bond motifs is 7. The van der Waals surface area contributed by atoms with Gasteiger partial charge in [0.15, 0.2) is 5.75 Å². The summed E-state index contributed by atoms with van der Waals surface area (Å²) >= 11 is 6.51. The number of amides is 3. The van der Waals surface area contributed by atoms with Gasteiger partial charge in [0.1, 0.15) is 5.54 Å². The minimum atomic E-state index is -1.35. The van der Waals surface area contributed by atoms with Crippen LogP contribution in [0.15, 0.2) is 24.3 Å². The van der Waals surface area contributed by atoms with E-state index in [1.54, 1.807) is 13.0 Å². The number of nitro benzene ring substituents is 1. The lowest BCUT2D eigenvalue weighted by molar-refractivity contribution is -0.385. The van der Waals surface area contributed by atoms with Crippen molar-refractivity contribution in [3.63, 3.8) is 0 Å². The highest BCUT2D eigenvalue weighted by Gasteiger charge is 2.75. The summed E-state index contributed by atoms with van der Waals surface area (Å²) < 4.78 is 5.20. The Bertz CT molecular complexity index is 1410. The predicted octanol–water partition coefficient (Wildman–Crippen LogP) is 3.30. The van der Waals surface area contributed by atoms with Crippen molar-refractivity contribution in [2.75, 3.05) is 23.9 Å². The fourth-order valence-electron chi connectivity index (χ4n) is 6.84. The fraction of sp³-hybridized carbons (Fsp3) is 0.400. The molecule has 4 aliphatic heterocycles. The van der Waals surface area contributed by atoms with E-state index in [1.807, 2.05) is 17.9 Å². The molecule has 0 aliphatic carbocycles. The van der Waals surface area contributed by atoms with Crippen molar-refractivity contribution in [3.8, 4) is 5.75 Å². The van der Waals surface area contributed by atoms with E-state index in [2.05, 4.69) is 5.32 Å². The highest BCUT2D eigenvalue weighted by atomic mass is 35.5. The molecule has 3 saturated heterocycles. The van der Waals surface area contributed by atoms with Gasteiger partial charge in [0.25, 0.3) is 5.91 Å². The number of methoxy groups -OCH3 is 1. The maximum Gasteiger partial charge on any atom is 0.311 e. The molecule has 186 valence electrons. The molecule has 0 bridgehead atoms. The normalized spacial score (nSPS) is 28.5. The Balaban J connectivity index is 1.55. The van der Waals surface area contributed by atoms with Gasteiger partial charge in [0.2, 0.25) is 11.8 Å². The Hall–Kier alpha value is -3.50. The summed E-state index contributed by atoms with van der Waals surface area (Å²) in [6.07, 6.45) is 1.48. The van der Waals surface area contributed by atoms with Gasteiger partial charge in [-0.25, -0.2) is 4.90 Å². The van der Waals surface area contributed by atoms with Crippen LogP contribution in [0.25, 0.3) is 0 Å². The smallest absolute Gasteiger partial charge is 0.311 e. The standard InChI is InChI=1S/C25H23ClN4O6/c1-11-7-13-21(14(26)8-11)27-24(33)25(13)20-19(15-5-4-6-28(15)25)22(31)29(23(20)32)16-10-18(36-3)17(30(34)35)9-12(16)2/h7-10,15,19-20H,4-6H2,1-3H3,(H,27,33)/t15-,19-,20+,25-/m1/s1. The van der Waals surface area contributed by atoms with Crippen LogP contribution in [0.4, 0.5) is 17.1 Å². The topological polar surface area (TPSA) is 122 Å². The molecule has 4 aliphatic rings. The highest BCUT2D eigenvalue weighted by molar-refractivity contribution is 6.35. The third kappa shape index (κ3) is 2.63. The quantitative estimate of drug-likeness (QED) is 0.382. The summed E-state index contributed by atoms with van der Waals surface area (Å²) in [7, 11) is 1.29. The second kappa shape index (κ2) is 7.50. The molecule has 0 radical (unpaired) electrons. The van der Waals surface area contributed by atoms with Crippen molar-refractivity contribution in [1.29, 1.82) is 0 Å². The molecule has 0 saturated carbocycles. The number of aryl methyl sites for hydroxylation is 2. The number of nitrogens with zero attached hydrogens (tertiary/aromatic N) is 3. The lowest BCUT2D eigenvalue weighted by atomic mass is 9.75. The fourth-order valence-corrected chi connectivity index (χ4v) is 7.16. The Kier molecular flexibility index (Phi) is 4.78. The average molecular weight is 511 g/mol. The molecule has 4 atom stereocenters. The lowest BCUT2D eigenvalue weighted by Gasteiger charge is -2.37. The Labute approximate surface area is 211 Å². The number of rotatable bonds is 3. The van der Waals surface area contributed by atoms with Crippen LogP contribution in [-0.2, 0) is 19.9 Å². The van der Waals surface area contributed by atoms with E-state index < -0.39 is 34.1 Å². The molecular formula is C25H23ClN4O6. The van der Waals surface area contributed by atoms with E-state index in [0.717, 1.165) is 16.9 Å². The predicted molar refractivity (Wildman–Crippen MR) is 130 cm³/mol. The molecule has 4 heterocycles. The number of carbonyl (C=O) groups excluding carboxylic acids is 3. The number of benzene rings is 2. The second-order valence-electron chi connectivity index (χ2n) is 9.88. The van der Waals surface area contributed by atoms with Crippen LogP contribution in [0.2, 0.25) is 5.02 Å². The number of halogens is 1. The Morgan fingerprint density at radius 3 is 2.61 bits per heavy atom. The van der Waals surface area contributed by atoms with Gasteiger partial charge in [-0.05, 0) is 50.4 Å². The number of ether oxygens (including phenoxy) is 1. The van der Waals surface area contributed by atoms with E-state index in [-0.39, 0.29) is 29.1 Å². The molecule has 36 heavy (non-hydrogen) atoms. The van der Waals surface area contributed by atoms with Crippen molar-refractivity contribution in [2.45, 2.75) is 38.3 Å². The van der Waals surface area contributed by atoms with Gasteiger partial charge < -0.3 is 10.1 Å². The number of carbonyl (C=O) groups is 3. The minimum absolute atomic E-state index is 0.0539. The van der Waals surface area contributed by atoms with Crippen LogP contribution in [0.3, 0.4) is 0 Å². The number of imide groups is 1. The summed E-state index contributed by atoms with van der Waals surface area (Å²) in [5.41, 5.74) is 0.948. The molecule has 3 amide bonds. The van der Waals surface area contributed by atoms with Gasteiger partial charge in [0, 0.05) is 23.7 Å². The number of anilines is 2. The third-order valence-electron chi connectivity index (χ3n) is 8.13. The zero-order chi connectivity index (χ0) is 25.7. The highest BCUT2D eigenvalue weighted by Crippen LogP contribution is 2.61. The Morgan fingerprint density at radius 1 is 1.17 bits per heavy atom. The van der Waals surface area contributed by atoms with Crippen molar-refractivity contribution >= 4 is 46.4 Å². The lowest BCUT2D eigenvalue weighted by Crippen LogP contribution is -2.54. The van der Waals surface area contributed by atoms with Gasteiger partial charge in [-0.3, -0.25) is 29.4 Å². The molecule has 2 aromatic carbocycles. The van der Waals surface area contributed by atoms with Gasteiger partial charge in [-0.2, -0.15) is 0 Å². The summed E-state index contributed by atoms with van der Waals surface area (Å²) in [5.74, 6) is -2.99. The first-order chi connectivity index (χ1) is 17.1. The van der Waals surface area contributed by atoms with Gasteiger partial charge in [-0.15, -0.1) is 0 Å². The van der Waals surface area contributed by atoms with Gasteiger partial charge in [0.05, 0.1) is 40.3 Å². The van der Waals surface area contributed by atoms with E-state index in [0.29, 0.717) is 34.8 Å². The van der Waals surface area contributed by atoms with Crippen LogP contribution >= 0.6 is 11.6 Å². The van der Waals surface area contributed by atoms with Crippen LogP contribution in [0, 0.1) is 35.8 Å². The molecule has 1 spiro atoms. The molecular weight excluding hydrogens is 488 g/mol. The second-order valence-corrected chi connectivity index (χ2v) is 10.3. The van der Waals surface area contributed by atoms with E-state index in [1.165, 1.54) is 19.2 Å². The first-order valence-electron chi connectivity index (χ1n) is 11.7. The summed E-state index contributed by atoms with van der Waals surface area (Å²) in [6, 6.07) is 5.99. The number of nitrogens with one attached hydrogen (secondary N) is 1. The molecule has 2 aromatic rings. The number of hydrogen-bond donors (Lipinski definition) is 1. The zero-order valence-electron chi connectivity index (χ0n) is 19.8.